The zero-order valence-corrected chi connectivity index (χ0v) is 67.5. The van der Waals surface area contributed by atoms with Crippen molar-refractivity contribution in [3.63, 3.8) is 0 Å². The van der Waals surface area contributed by atoms with Crippen LogP contribution in [0.3, 0.4) is 0 Å². The van der Waals surface area contributed by atoms with Crippen molar-refractivity contribution in [1.29, 1.82) is 0 Å². The van der Waals surface area contributed by atoms with E-state index >= 15 is 0 Å². The number of aliphatic hydroxyl groups excluding tert-OH is 1. The topological polar surface area (TPSA) is 839 Å². The van der Waals surface area contributed by atoms with Gasteiger partial charge in [-0.25, -0.2) is 9.78 Å². The Balaban J connectivity index is 3.70. The Morgan fingerprint density at radius 2 is 0.812 bits per heavy atom. The number of imidazole rings is 1. The van der Waals surface area contributed by atoms with Crippen molar-refractivity contribution in [3.8, 4) is 0 Å². The maximum atomic E-state index is 14.8. The molecule has 1 heterocycles. The molecule has 0 bridgehead atoms. The summed E-state index contributed by atoms with van der Waals surface area (Å²) >= 11 is 1.25. The molecule has 1 aromatic rings. The SMILES string of the molecule is CSCC[C@H](NC(=O)[C@H](CC(C)C)NC(=O)[C@H](CC(N)=O)NC(=O)[C@H](CCCN=C(N)N)NC(=O)[C@H](CCCN=C(N)N)NC(=O)[C@H](Cc1cnc[nH]1)NC(=O)[C@H](CCCCN)NC(=O)CNC(=O)[C@H](CC(N)=O)NC(=O)CNC(=O)[C@H](CC(C)C)NC(=O)[C@@H](N)CCCN=C(N)N)C(=O)N[C@H](C(=O)N[C@@H](CCC(N)=O)C(=O)O)[C@@H](C)O. The Morgan fingerprint density at radius 3 is 1.25 bits per heavy atom. The lowest BCUT2D eigenvalue weighted by Gasteiger charge is -2.29. The molecule has 1 rings (SSSR count). The molecule has 13 atom stereocenters. The summed E-state index contributed by atoms with van der Waals surface area (Å²) in [5.41, 5.74) is 61.2. The van der Waals surface area contributed by atoms with Gasteiger partial charge in [0.25, 0.3) is 0 Å². The van der Waals surface area contributed by atoms with Crippen LogP contribution in [0.25, 0.3) is 0 Å². The number of thioether (sulfide) groups is 1. The van der Waals surface area contributed by atoms with E-state index in [-0.39, 0.29) is 132 Å². The number of carboxylic acids is 1. The summed E-state index contributed by atoms with van der Waals surface area (Å²) in [4.78, 5) is 248. The van der Waals surface area contributed by atoms with E-state index in [1.807, 2.05) is 0 Å². The summed E-state index contributed by atoms with van der Waals surface area (Å²) in [6, 6.07) is -18.8. The number of nitrogens with two attached hydrogens (primary N) is 11. The van der Waals surface area contributed by atoms with E-state index in [4.69, 9.17) is 63.1 Å². The number of carbonyl (C=O) groups excluding carboxylic acids is 16. The summed E-state index contributed by atoms with van der Waals surface area (Å²) in [5, 5.41) is 51.8. The van der Waals surface area contributed by atoms with Crippen molar-refractivity contribution < 1.29 is 91.7 Å². The third-order valence-corrected chi connectivity index (χ3v) is 17.5. The number of rotatable bonds is 60. The number of primary amides is 3. The Kier molecular flexibility index (Phi) is 49.1. The van der Waals surface area contributed by atoms with E-state index in [2.05, 4.69) is 94.1 Å². The number of aliphatic imine (C=N–C) groups is 3. The van der Waals surface area contributed by atoms with Gasteiger partial charge >= 0.3 is 5.97 Å². The molecule has 117 heavy (non-hydrogen) atoms. The number of aromatic nitrogens is 2. The molecule has 0 fully saturated rings. The first-order chi connectivity index (χ1) is 55.0. The molecule has 0 aliphatic heterocycles. The fourth-order valence-corrected chi connectivity index (χ4v) is 11.4. The van der Waals surface area contributed by atoms with E-state index in [0.717, 1.165) is 6.92 Å². The van der Waals surface area contributed by atoms with Crippen LogP contribution in [-0.2, 0) is 87.9 Å². The van der Waals surface area contributed by atoms with Gasteiger partial charge in [0.05, 0.1) is 44.4 Å². The van der Waals surface area contributed by atoms with Crippen molar-refractivity contribution in [3.05, 3.63) is 18.2 Å². The van der Waals surface area contributed by atoms with Gasteiger partial charge in [0.15, 0.2) is 17.9 Å². The van der Waals surface area contributed by atoms with Crippen LogP contribution in [0.1, 0.15) is 143 Å². The summed E-state index contributed by atoms with van der Waals surface area (Å²) in [6.07, 6.45) is -0.301. The second kappa shape index (κ2) is 55.7. The average Bonchev–Trinajstić information content (AvgIpc) is 1.40. The number of amides is 16. The van der Waals surface area contributed by atoms with Crippen LogP contribution in [0.2, 0.25) is 0 Å². The summed E-state index contributed by atoms with van der Waals surface area (Å²) in [7, 11) is 0. The second-order valence-electron chi connectivity index (χ2n) is 28.1. The predicted molar refractivity (Wildman–Crippen MR) is 427 cm³/mol. The second-order valence-corrected chi connectivity index (χ2v) is 29.1. The zero-order chi connectivity index (χ0) is 88.6. The van der Waals surface area contributed by atoms with Gasteiger partial charge in [0, 0.05) is 44.4 Å². The van der Waals surface area contributed by atoms with E-state index in [1.165, 1.54) is 24.3 Å². The van der Waals surface area contributed by atoms with Crippen molar-refractivity contribution in [2.75, 3.05) is 51.3 Å². The minimum atomic E-state index is -1.90. The molecule has 0 spiro atoms. The van der Waals surface area contributed by atoms with Crippen LogP contribution < -0.4 is 132 Å². The average molecular weight is 1680 g/mol. The van der Waals surface area contributed by atoms with Gasteiger partial charge in [-0.3, -0.25) is 91.7 Å². The van der Waals surface area contributed by atoms with Crippen molar-refractivity contribution in [2.24, 2.45) is 89.9 Å². The molecule has 48 nitrogen and oxygen atoms in total. The first-order valence-electron chi connectivity index (χ1n) is 37.7. The maximum Gasteiger partial charge on any atom is 0.326 e. The lowest BCUT2D eigenvalue weighted by Crippen LogP contribution is -2.61. The molecule has 0 aliphatic carbocycles. The number of aliphatic carboxylic acids is 1. The number of nitrogens with one attached hydrogen (secondary N) is 14. The molecule has 0 aromatic carbocycles. The van der Waals surface area contributed by atoms with Crippen LogP contribution in [0.5, 0.6) is 0 Å². The van der Waals surface area contributed by atoms with Crippen molar-refractivity contribution in [2.45, 2.75) is 222 Å². The number of nitrogens with zero attached hydrogens (tertiary/aromatic N) is 4. The number of H-pyrrole nitrogens is 1. The fourth-order valence-electron chi connectivity index (χ4n) is 11.0. The van der Waals surface area contributed by atoms with Gasteiger partial charge in [-0.15, -0.1) is 0 Å². The number of guanidine groups is 3. The zero-order valence-electron chi connectivity index (χ0n) is 66.7. The molecule has 0 radical (unpaired) electrons. The molecule has 49 heteroatoms. The molecule has 0 unspecified atom stereocenters. The molecule has 0 saturated heterocycles. The molecule has 0 aliphatic rings. The number of hydrogen-bond acceptors (Lipinski definition) is 25. The van der Waals surface area contributed by atoms with E-state index < -0.39 is 224 Å². The standard InChI is InChI=1S/C68H121N29O19S/c1-33(2)24-43(93-54(104)37(70)12-9-20-81-66(74)75)55(105)84-31-52(103)88-46(27-49(72)100)56(106)85-30-51(102)87-38(13-7-8-19-69)57(107)95-45(26-36-29-80-32-86-36)62(112)90-39(14-10-21-82-67(76)77)58(108)89-40(15-11-22-83-68(78)79)59(109)96-47(28-50(73)101)63(113)94-44(25-34(3)4)61(111)91-41(18-23-117-6)60(110)97-53(35(5)98)64(114)92-42(65(115)116)16-17-48(71)99/h29,32-35,37-47,53,98H,7-28,30-31,69-70H2,1-6H3,(H2,71,99)(H2,72,100)(H2,73,101)(H,80,86)(H,84,105)(H,85,106)(H,87,102)(H,88,103)(H,89,108)(H,90,112)(H,91,111)(H,92,114)(H,93,104)(H,94,113)(H,95,107)(H,96,109)(H,97,110)(H,115,116)(H4,74,75,81)(H4,76,77,82)(H4,78,79,83)/t35-,37+,38+,39+,40+,41+,42+,43+,44+,45+,46+,47+,53+/m1/s1. The summed E-state index contributed by atoms with van der Waals surface area (Å²) in [5.74, 6) is -19.0. The smallest absolute Gasteiger partial charge is 0.326 e. The Labute approximate surface area is 680 Å². The number of unbranched alkanes of at least 4 members (excludes halogenated alkanes) is 1. The first kappa shape index (κ1) is 103. The van der Waals surface area contributed by atoms with Crippen LogP contribution in [0.4, 0.5) is 0 Å². The fraction of sp³-hybridized carbons (Fsp3) is 0.662. The number of carbonyl (C=O) groups is 17. The van der Waals surface area contributed by atoms with E-state index in [1.54, 1.807) is 34.0 Å². The van der Waals surface area contributed by atoms with Gasteiger partial charge in [-0.1, -0.05) is 27.7 Å². The van der Waals surface area contributed by atoms with Gasteiger partial charge in [0.1, 0.15) is 66.5 Å². The molecule has 38 N–H and O–H groups in total. The largest absolute Gasteiger partial charge is 0.480 e. The number of hydrogen-bond donors (Lipinski definition) is 27. The van der Waals surface area contributed by atoms with E-state index in [9.17, 15) is 91.7 Å². The maximum absolute atomic E-state index is 14.8. The molecule has 1 aromatic heterocycles. The summed E-state index contributed by atoms with van der Waals surface area (Å²) < 4.78 is 0. The Bertz CT molecular complexity index is 3560. The first-order valence-corrected chi connectivity index (χ1v) is 39.1. The lowest BCUT2D eigenvalue weighted by molar-refractivity contribution is -0.143. The van der Waals surface area contributed by atoms with Crippen molar-refractivity contribution >= 4 is 130 Å². The quantitative estimate of drug-likeness (QED) is 0.0164. The minimum absolute atomic E-state index is 0.0391. The van der Waals surface area contributed by atoms with Crippen molar-refractivity contribution in [1.82, 2.24) is 79.1 Å². The highest BCUT2D eigenvalue weighted by Crippen LogP contribution is 2.14. The van der Waals surface area contributed by atoms with Gasteiger partial charge < -0.3 is 147 Å². The monoisotopic (exact) mass is 1680 g/mol. The molecular weight excluding hydrogens is 1560 g/mol. The number of aliphatic hydroxyl groups is 1. The third kappa shape index (κ3) is 44.6. The number of carboxylic acid groups (broad SMARTS) is 1. The lowest BCUT2D eigenvalue weighted by atomic mass is 10.0. The molecule has 16 amide bonds. The normalized spacial score (nSPS) is 14.3. The predicted octanol–water partition coefficient (Wildman–Crippen LogP) is -11.5. The molecule has 0 saturated carbocycles. The highest BCUT2D eigenvalue weighted by atomic mass is 32.2. The van der Waals surface area contributed by atoms with Crippen LogP contribution in [-0.4, -0.2) is 268 Å². The summed E-state index contributed by atoms with van der Waals surface area (Å²) in [6.45, 7) is 6.42. The van der Waals surface area contributed by atoms with Gasteiger partial charge in [0.2, 0.25) is 94.5 Å². The van der Waals surface area contributed by atoms with E-state index in [0.29, 0.717) is 12.8 Å². The van der Waals surface area contributed by atoms with Crippen LogP contribution >= 0.6 is 11.8 Å². The highest BCUT2D eigenvalue weighted by Gasteiger charge is 2.38. The van der Waals surface area contributed by atoms with Gasteiger partial charge in [-0.05, 0) is 121 Å². The van der Waals surface area contributed by atoms with Crippen LogP contribution in [0.15, 0.2) is 27.5 Å². The highest BCUT2D eigenvalue weighted by molar-refractivity contribution is 7.98. The minimum Gasteiger partial charge on any atom is -0.480 e. The number of aromatic amines is 1. The third-order valence-electron chi connectivity index (χ3n) is 16.9. The van der Waals surface area contributed by atoms with Crippen LogP contribution in [0, 0.1) is 11.8 Å². The van der Waals surface area contributed by atoms with Gasteiger partial charge in [-0.2, -0.15) is 11.8 Å². The molecular formula is C68H121N29O19S. The Hall–Kier alpha value is -11.8. The molecule has 658 valence electrons. The Morgan fingerprint density at radius 1 is 0.436 bits per heavy atom.